The van der Waals surface area contributed by atoms with E-state index in [1.165, 1.54) is 7.11 Å². The van der Waals surface area contributed by atoms with Gasteiger partial charge in [0.2, 0.25) is 5.91 Å². The molecule has 3 aromatic carbocycles. The molecular weight excluding hydrogens is 615 g/mol. The maximum atomic E-state index is 13.3. The Labute approximate surface area is 274 Å². The van der Waals surface area contributed by atoms with Crippen LogP contribution >= 0.6 is 23.2 Å². The van der Waals surface area contributed by atoms with E-state index in [2.05, 4.69) is 5.32 Å². The van der Waals surface area contributed by atoms with Crippen molar-refractivity contribution in [2.24, 2.45) is 0 Å². The van der Waals surface area contributed by atoms with E-state index in [0.717, 1.165) is 11.1 Å². The Kier molecular flexibility index (Phi) is 11.9. The zero-order valence-corrected chi connectivity index (χ0v) is 27.6. The van der Waals surface area contributed by atoms with Crippen molar-refractivity contribution in [1.29, 1.82) is 0 Å². The SMILES string of the molecule is COC(=O)C(Cc1ccc(OCc2c(Cl)cccc2Cl)cc1)NC(=O)C[C@H]1CCC(C(=O)OC(C)(C)C)N1Cc1ccccc1. The fraction of sp³-hybridized carbons (Fsp3) is 0.400. The Morgan fingerprint density at radius 3 is 2.20 bits per heavy atom. The molecule has 0 aliphatic carbocycles. The highest BCUT2D eigenvalue weighted by molar-refractivity contribution is 6.35. The van der Waals surface area contributed by atoms with Gasteiger partial charge in [0.05, 0.1) is 7.11 Å². The third-order valence-corrected chi connectivity index (χ3v) is 8.29. The Morgan fingerprint density at radius 1 is 0.911 bits per heavy atom. The fourth-order valence-corrected chi connectivity index (χ4v) is 5.90. The number of carbonyl (C=O) groups is 3. The van der Waals surface area contributed by atoms with Crippen LogP contribution in [-0.4, -0.2) is 53.6 Å². The minimum absolute atomic E-state index is 0.122. The summed E-state index contributed by atoms with van der Waals surface area (Å²) in [7, 11) is 1.29. The quantitative estimate of drug-likeness (QED) is 0.222. The number of benzene rings is 3. The molecule has 45 heavy (non-hydrogen) atoms. The number of hydrogen-bond acceptors (Lipinski definition) is 7. The lowest BCUT2D eigenvalue weighted by Crippen LogP contribution is -2.47. The molecule has 1 aliphatic rings. The van der Waals surface area contributed by atoms with Crippen LogP contribution in [0, 0.1) is 0 Å². The summed E-state index contributed by atoms with van der Waals surface area (Å²) in [5, 5.41) is 3.92. The molecule has 1 amide bonds. The average molecular weight is 656 g/mol. The molecule has 10 heteroatoms. The van der Waals surface area contributed by atoms with Gasteiger partial charge in [0, 0.05) is 41.0 Å². The fourth-order valence-electron chi connectivity index (χ4n) is 5.40. The first-order chi connectivity index (χ1) is 21.4. The largest absolute Gasteiger partial charge is 0.489 e. The number of ether oxygens (including phenoxy) is 3. The highest BCUT2D eigenvalue weighted by Gasteiger charge is 2.41. The number of nitrogens with zero attached hydrogens (tertiary/aromatic N) is 1. The number of esters is 2. The van der Waals surface area contributed by atoms with Crippen LogP contribution in [-0.2, 0) is 43.4 Å². The summed E-state index contributed by atoms with van der Waals surface area (Å²) in [4.78, 5) is 41.2. The molecule has 4 rings (SSSR count). The van der Waals surface area contributed by atoms with Crippen molar-refractivity contribution in [2.45, 2.75) is 83.3 Å². The maximum Gasteiger partial charge on any atom is 0.328 e. The molecule has 1 saturated heterocycles. The molecule has 2 unspecified atom stereocenters. The van der Waals surface area contributed by atoms with Crippen molar-refractivity contribution in [3.63, 3.8) is 0 Å². The van der Waals surface area contributed by atoms with E-state index in [4.69, 9.17) is 37.4 Å². The number of halogens is 2. The Bertz CT molecular complexity index is 1440. The smallest absolute Gasteiger partial charge is 0.328 e. The first-order valence-electron chi connectivity index (χ1n) is 15.0. The predicted molar refractivity (Wildman–Crippen MR) is 174 cm³/mol. The number of rotatable bonds is 12. The van der Waals surface area contributed by atoms with Gasteiger partial charge in [-0.15, -0.1) is 0 Å². The van der Waals surface area contributed by atoms with Crippen molar-refractivity contribution in [1.82, 2.24) is 10.2 Å². The molecule has 1 heterocycles. The average Bonchev–Trinajstić information content (AvgIpc) is 3.38. The highest BCUT2D eigenvalue weighted by Crippen LogP contribution is 2.31. The van der Waals surface area contributed by atoms with Gasteiger partial charge in [-0.2, -0.15) is 0 Å². The molecule has 8 nitrogen and oxygen atoms in total. The van der Waals surface area contributed by atoms with E-state index in [9.17, 15) is 14.4 Å². The minimum atomic E-state index is -0.887. The molecule has 0 saturated carbocycles. The first kappa shape index (κ1) is 34.3. The van der Waals surface area contributed by atoms with E-state index in [1.807, 2.05) is 68.1 Å². The summed E-state index contributed by atoms with van der Waals surface area (Å²) < 4.78 is 16.6. The van der Waals surface area contributed by atoms with Gasteiger partial charge in [-0.1, -0.05) is 71.7 Å². The molecule has 0 spiro atoms. The molecule has 0 bridgehead atoms. The van der Waals surface area contributed by atoms with Crippen molar-refractivity contribution in [2.75, 3.05) is 7.11 Å². The van der Waals surface area contributed by atoms with Crippen LogP contribution in [0.5, 0.6) is 5.75 Å². The zero-order valence-electron chi connectivity index (χ0n) is 26.1. The number of likely N-dealkylation sites (tertiary alicyclic amines) is 1. The lowest BCUT2D eigenvalue weighted by Gasteiger charge is -2.31. The van der Waals surface area contributed by atoms with Gasteiger partial charge in [0.1, 0.15) is 30.0 Å². The Balaban J connectivity index is 1.40. The summed E-state index contributed by atoms with van der Waals surface area (Å²) in [5.41, 5.74) is 1.92. The standard InChI is InChI=1S/C35H40Cl2N2O6/c1-35(2,3)45-34(42)31-18-15-25(39(31)21-24-9-6-5-7-10-24)20-32(40)38-30(33(41)43-4)19-23-13-16-26(17-14-23)44-22-27-28(36)11-8-12-29(27)37/h5-14,16-17,25,30-31H,15,18-22H2,1-4H3,(H,38,40)/t25-,30?,31?/m1/s1. The van der Waals surface area contributed by atoms with Gasteiger partial charge in [0.15, 0.2) is 0 Å². The van der Waals surface area contributed by atoms with Crippen molar-refractivity contribution in [3.8, 4) is 5.75 Å². The highest BCUT2D eigenvalue weighted by atomic mass is 35.5. The van der Waals surface area contributed by atoms with Crippen LogP contribution in [0.25, 0.3) is 0 Å². The molecule has 0 aromatic heterocycles. The minimum Gasteiger partial charge on any atom is -0.489 e. The van der Waals surface area contributed by atoms with Gasteiger partial charge < -0.3 is 19.5 Å². The van der Waals surface area contributed by atoms with Crippen LogP contribution in [0.4, 0.5) is 0 Å². The zero-order chi connectivity index (χ0) is 32.6. The molecule has 0 radical (unpaired) electrons. The van der Waals surface area contributed by atoms with Crippen molar-refractivity contribution < 1.29 is 28.6 Å². The summed E-state index contributed by atoms with van der Waals surface area (Å²) >= 11 is 12.5. The molecular formula is C35H40Cl2N2O6. The summed E-state index contributed by atoms with van der Waals surface area (Å²) in [6.45, 7) is 6.24. The number of methoxy groups -OCH3 is 1. The van der Waals surface area contributed by atoms with Crippen molar-refractivity contribution >= 4 is 41.0 Å². The number of amides is 1. The second kappa shape index (κ2) is 15.6. The monoisotopic (exact) mass is 654 g/mol. The Morgan fingerprint density at radius 2 is 1.58 bits per heavy atom. The van der Waals surface area contributed by atoms with E-state index in [1.54, 1.807) is 30.3 Å². The molecule has 3 atom stereocenters. The normalized spacial score (nSPS) is 17.4. The summed E-state index contributed by atoms with van der Waals surface area (Å²) in [5.74, 6) is -0.532. The van der Waals surface area contributed by atoms with Gasteiger partial charge in [-0.3, -0.25) is 14.5 Å². The number of carbonyl (C=O) groups excluding carboxylic acids is 3. The molecule has 1 N–H and O–H groups in total. The van der Waals surface area contributed by atoms with E-state index in [-0.39, 0.29) is 37.4 Å². The molecule has 1 aliphatic heterocycles. The van der Waals surface area contributed by atoms with Gasteiger partial charge in [-0.25, -0.2) is 4.79 Å². The van der Waals surface area contributed by atoms with Crippen LogP contribution in [0.3, 0.4) is 0 Å². The Hall–Kier alpha value is -3.59. The summed E-state index contributed by atoms with van der Waals surface area (Å²) in [6, 6.07) is 20.8. The first-order valence-corrected chi connectivity index (χ1v) is 15.7. The topological polar surface area (TPSA) is 94.2 Å². The molecule has 1 fully saturated rings. The van der Waals surface area contributed by atoms with Gasteiger partial charge in [0.25, 0.3) is 0 Å². The lowest BCUT2D eigenvalue weighted by atomic mass is 10.0. The third-order valence-electron chi connectivity index (χ3n) is 7.58. The number of hydrogen-bond donors (Lipinski definition) is 1. The third kappa shape index (κ3) is 9.95. The van der Waals surface area contributed by atoms with Gasteiger partial charge >= 0.3 is 11.9 Å². The second-order valence-corrected chi connectivity index (χ2v) is 12.9. The molecule has 3 aromatic rings. The maximum absolute atomic E-state index is 13.3. The van der Waals surface area contributed by atoms with Crippen LogP contribution in [0.2, 0.25) is 10.0 Å². The predicted octanol–water partition coefficient (Wildman–Crippen LogP) is 6.54. The molecule has 240 valence electrons. The number of nitrogens with one attached hydrogen (secondary N) is 1. The van der Waals surface area contributed by atoms with E-state index in [0.29, 0.717) is 40.7 Å². The van der Waals surface area contributed by atoms with Gasteiger partial charge in [-0.05, 0) is 69.0 Å². The second-order valence-electron chi connectivity index (χ2n) is 12.1. The summed E-state index contributed by atoms with van der Waals surface area (Å²) in [6.07, 6.45) is 1.58. The van der Waals surface area contributed by atoms with E-state index < -0.39 is 23.7 Å². The van der Waals surface area contributed by atoms with Crippen molar-refractivity contribution in [3.05, 3.63) is 99.5 Å². The van der Waals surface area contributed by atoms with E-state index >= 15 is 0 Å². The van der Waals surface area contributed by atoms with Crippen LogP contribution in [0.1, 0.15) is 56.7 Å². The van der Waals surface area contributed by atoms with Crippen LogP contribution in [0.15, 0.2) is 72.8 Å². The van der Waals surface area contributed by atoms with Crippen LogP contribution < -0.4 is 10.1 Å². The lowest BCUT2D eigenvalue weighted by molar-refractivity contribution is -0.161.